The monoisotopic (exact) mass is 315 g/mol. The molecule has 0 aliphatic rings. The number of halogens is 12. The van der Waals surface area contributed by atoms with Gasteiger partial charge in [-0.25, -0.2) is 0 Å². The van der Waals surface area contributed by atoms with Gasteiger partial charge in [-0.05, 0) is 0 Å². The first-order valence-corrected chi connectivity index (χ1v) is 4.07. The van der Waals surface area contributed by atoms with Crippen LogP contribution in [-0.4, -0.2) is 30.1 Å². The summed E-state index contributed by atoms with van der Waals surface area (Å²) in [6.45, 7) is 0. The predicted molar refractivity (Wildman–Crippen MR) is 35.9 cm³/mol. The Morgan fingerprint density at radius 3 is 1.21 bits per heavy atom. The van der Waals surface area contributed by atoms with Crippen LogP contribution in [0.25, 0.3) is 0 Å². The van der Waals surface area contributed by atoms with Gasteiger partial charge in [-0.15, -0.1) is 0 Å². The lowest BCUT2D eigenvalue weighted by Crippen LogP contribution is -2.61. The van der Waals surface area contributed by atoms with Crippen molar-refractivity contribution in [2.24, 2.45) is 0 Å². The Morgan fingerprint density at radius 1 is 0.579 bits per heavy atom. The van der Waals surface area contributed by atoms with Gasteiger partial charge in [0.15, 0.2) is 0 Å². The lowest BCUT2D eigenvalue weighted by atomic mass is 9.99. The van der Waals surface area contributed by atoms with Crippen molar-refractivity contribution in [1.82, 2.24) is 0 Å². The maximum atomic E-state index is 12.5. The minimum atomic E-state index is -7.18. The Balaban J connectivity index is 5.28. The number of hydrogen-bond donors (Lipinski definition) is 0. The summed E-state index contributed by atoms with van der Waals surface area (Å²) < 4.78 is 143. The molecule has 0 bridgehead atoms. The highest BCUT2D eigenvalue weighted by molar-refractivity contribution is 5.02. The molecule has 0 fully saturated rings. The standard InChI is InChI=1S/C7H3F12/c8-3(9,1-2-4(10,11)12)5(13,14)6(15,16)7(17,18)19/h2H,1H2. The molecule has 0 unspecified atom stereocenters. The quantitative estimate of drug-likeness (QED) is 0.665. The summed E-state index contributed by atoms with van der Waals surface area (Å²) in [7, 11) is 0. The molecule has 0 aliphatic carbocycles. The van der Waals surface area contributed by atoms with Gasteiger partial charge in [0.2, 0.25) is 0 Å². The van der Waals surface area contributed by atoms with Crippen LogP contribution >= 0.6 is 0 Å². The molecule has 0 amide bonds. The summed E-state index contributed by atoms with van der Waals surface area (Å²) in [5.74, 6) is -20.4. The molecular formula is C7H3F12. The van der Waals surface area contributed by atoms with Gasteiger partial charge >= 0.3 is 30.1 Å². The molecule has 0 aromatic heterocycles. The molecule has 0 aromatic rings. The molecule has 0 nitrogen and oxygen atoms in total. The molecular weight excluding hydrogens is 312 g/mol. The third-order valence-electron chi connectivity index (χ3n) is 1.80. The first-order valence-electron chi connectivity index (χ1n) is 4.07. The van der Waals surface area contributed by atoms with Gasteiger partial charge in [0, 0.05) is 6.42 Å². The van der Waals surface area contributed by atoms with Crippen LogP contribution in [0.5, 0.6) is 0 Å². The molecule has 12 heteroatoms. The van der Waals surface area contributed by atoms with Gasteiger partial charge in [0.25, 0.3) is 0 Å². The van der Waals surface area contributed by atoms with E-state index in [4.69, 9.17) is 0 Å². The van der Waals surface area contributed by atoms with Crippen molar-refractivity contribution in [2.45, 2.75) is 36.5 Å². The molecule has 0 atom stereocenters. The van der Waals surface area contributed by atoms with E-state index in [-0.39, 0.29) is 0 Å². The Hall–Kier alpha value is -0.840. The van der Waals surface area contributed by atoms with Gasteiger partial charge in [-0.2, -0.15) is 52.7 Å². The second-order valence-electron chi connectivity index (χ2n) is 3.30. The zero-order valence-corrected chi connectivity index (χ0v) is 8.32. The summed E-state index contributed by atoms with van der Waals surface area (Å²) >= 11 is 0. The maximum Gasteiger partial charge on any atom is 0.460 e. The summed E-state index contributed by atoms with van der Waals surface area (Å²) in [4.78, 5) is 0. The lowest BCUT2D eigenvalue weighted by Gasteiger charge is -2.33. The minimum absolute atomic E-state index is 1.44. The van der Waals surface area contributed by atoms with E-state index in [0.717, 1.165) is 0 Å². The van der Waals surface area contributed by atoms with Crippen molar-refractivity contribution in [3.63, 3.8) is 0 Å². The van der Waals surface area contributed by atoms with Crippen LogP contribution in [0.1, 0.15) is 6.42 Å². The second kappa shape index (κ2) is 4.62. The molecule has 0 saturated carbocycles. The number of alkyl halides is 12. The van der Waals surface area contributed by atoms with Gasteiger partial charge < -0.3 is 0 Å². The predicted octanol–water partition coefficient (Wildman–Crippen LogP) is 4.61. The van der Waals surface area contributed by atoms with E-state index in [2.05, 4.69) is 0 Å². The van der Waals surface area contributed by atoms with Crippen molar-refractivity contribution >= 4 is 0 Å². The summed E-state index contributed by atoms with van der Waals surface area (Å²) in [5.41, 5.74) is 0. The average Bonchev–Trinajstić information content (AvgIpc) is 2.11. The van der Waals surface area contributed by atoms with Crippen LogP contribution in [0.15, 0.2) is 0 Å². The smallest absolute Gasteiger partial charge is 0.200 e. The normalized spacial score (nSPS) is 15.8. The first kappa shape index (κ1) is 18.2. The van der Waals surface area contributed by atoms with E-state index < -0.39 is 43.0 Å². The van der Waals surface area contributed by atoms with Crippen LogP contribution in [0, 0.1) is 6.42 Å². The van der Waals surface area contributed by atoms with Crippen LogP contribution in [0.3, 0.4) is 0 Å². The van der Waals surface area contributed by atoms with Gasteiger partial charge in [0.05, 0.1) is 6.42 Å². The zero-order chi connectivity index (χ0) is 15.9. The van der Waals surface area contributed by atoms with Crippen LogP contribution in [-0.2, 0) is 0 Å². The summed E-state index contributed by atoms with van der Waals surface area (Å²) in [5, 5.41) is 0. The molecule has 0 spiro atoms. The van der Waals surface area contributed by atoms with Crippen molar-refractivity contribution in [3.8, 4) is 0 Å². The Morgan fingerprint density at radius 2 is 0.947 bits per heavy atom. The van der Waals surface area contributed by atoms with Crippen molar-refractivity contribution in [2.75, 3.05) is 0 Å². The highest BCUT2D eigenvalue weighted by Crippen LogP contribution is 2.54. The van der Waals surface area contributed by atoms with E-state index in [1.54, 1.807) is 0 Å². The van der Waals surface area contributed by atoms with E-state index in [1.807, 2.05) is 0 Å². The fourth-order valence-electron chi connectivity index (χ4n) is 0.780. The van der Waals surface area contributed by atoms with Gasteiger partial charge in [-0.3, -0.25) is 0 Å². The largest absolute Gasteiger partial charge is 0.460 e. The van der Waals surface area contributed by atoms with E-state index in [9.17, 15) is 52.7 Å². The van der Waals surface area contributed by atoms with Crippen molar-refractivity contribution in [3.05, 3.63) is 6.42 Å². The van der Waals surface area contributed by atoms with Crippen LogP contribution in [0.4, 0.5) is 52.7 Å². The zero-order valence-electron chi connectivity index (χ0n) is 8.32. The van der Waals surface area contributed by atoms with E-state index in [0.29, 0.717) is 0 Å². The SMILES string of the molecule is FC(F)(F)[CH]CC(F)(F)C(F)(F)C(F)(F)C(F)(F)F. The highest BCUT2D eigenvalue weighted by Gasteiger charge is 2.81. The van der Waals surface area contributed by atoms with Crippen LogP contribution < -0.4 is 0 Å². The summed E-state index contributed by atoms with van der Waals surface area (Å²) in [6.07, 6.45) is -17.0. The third kappa shape index (κ3) is 3.59. The van der Waals surface area contributed by atoms with E-state index >= 15 is 0 Å². The molecule has 19 heavy (non-hydrogen) atoms. The Labute approximate surface area is 96.9 Å². The van der Waals surface area contributed by atoms with Crippen LogP contribution in [0.2, 0.25) is 0 Å². The topological polar surface area (TPSA) is 0 Å². The third-order valence-corrected chi connectivity index (χ3v) is 1.80. The second-order valence-corrected chi connectivity index (χ2v) is 3.30. The van der Waals surface area contributed by atoms with Crippen molar-refractivity contribution in [1.29, 1.82) is 0 Å². The number of rotatable bonds is 4. The molecule has 0 aliphatic heterocycles. The molecule has 0 N–H and O–H groups in total. The van der Waals surface area contributed by atoms with E-state index in [1.165, 1.54) is 0 Å². The molecule has 0 saturated heterocycles. The maximum absolute atomic E-state index is 12.5. The fourth-order valence-corrected chi connectivity index (χ4v) is 0.780. The molecule has 0 aromatic carbocycles. The first-order chi connectivity index (χ1) is 7.96. The lowest BCUT2D eigenvalue weighted by molar-refractivity contribution is -0.396. The number of hydrogen-bond acceptors (Lipinski definition) is 0. The Kier molecular flexibility index (Phi) is 4.41. The fraction of sp³-hybridized carbons (Fsp3) is 0.857. The van der Waals surface area contributed by atoms with Crippen molar-refractivity contribution < 1.29 is 52.7 Å². The highest BCUT2D eigenvalue weighted by atomic mass is 19.4. The van der Waals surface area contributed by atoms with Gasteiger partial charge in [0.1, 0.15) is 0 Å². The summed E-state index contributed by atoms with van der Waals surface area (Å²) in [6, 6.07) is 0. The molecule has 0 heterocycles. The molecule has 115 valence electrons. The molecule has 1 radical (unpaired) electrons. The van der Waals surface area contributed by atoms with Gasteiger partial charge in [-0.1, -0.05) is 0 Å². The minimum Gasteiger partial charge on any atom is -0.200 e. The molecule has 0 rings (SSSR count). The Bertz CT molecular complexity index is 307. The average molecular weight is 315 g/mol.